The molecule has 2 bridgehead atoms. The minimum atomic E-state index is -0.262. The molecule has 1 amide bonds. The van der Waals surface area contributed by atoms with E-state index in [0.717, 1.165) is 37.4 Å². The summed E-state index contributed by atoms with van der Waals surface area (Å²) in [6.07, 6.45) is 10.9. The second-order valence-electron chi connectivity index (χ2n) is 9.92. The third-order valence-corrected chi connectivity index (χ3v) is 7.23. The average molecular weight is 437 g/mol. The van der Waals surface area contributed by atoms with Crippen LogP contribution in [0.25, 0.3) is 0 Å². The minimum absolute atomic E-state index is 0. The second kappa shape index (κ2) is 11.0. The van der Waals surface area contributed by atoms with Crippen LogP contribution in [0, 0.1) is 11.3 Å². The molecule has 0 atom stereocenters. The molecular formula is C25H41ClN2O2. The Labute approximate surface area is 188 Å². The van der Waals surface area contributed by atoms with Gasteiger partial charge in [0.2, 0.25) is 0 Å². The molecule has 0 radical (unpaired) electrons. The zero-order valence-electron chi connectivity index (χ0n) is 18.0. The molecular weight excluding hydrogens is 396 g/mol. The Morgan fingerprint density at radius 1 is 1.27 bits per heavy atom. The van der Waals surface area contributed by atoms with Crippen LogP contribution in [0.1, 0.15) is 88.6 Å². The van der Waals surface area contributed by atoms with E-state index in [4.69, 9.17) is 11.6 Å². The van der Waals surface area contributed by atoms with Crippen LogP contribution in [0.2, 0.25) is 5.02 Å². The molecule has 2 aliphatic carbocycles. The molecule has 30 heavy (non-hydrogen) atoms. The number of carbonyl (C=O) groups is 1. The van der Waals surface area contributed by atoms with Gasteiger partial charge in [-0.2, -0.15) is 0 Å². The molecule has 2 fully saturated rings. The normalized spacial score (nSPS) is 23.5. The van der Waals surface area contributed by atoms with E-state index in [1.165, 1.54) is 44.9 Å². The van der Waals surface area contributed by atoms with E-state index in [1.807, 2.05) is 32.0 Å². The van der Waals surface area contributed by atoms with Crippen molar-refractivity contribution >= 4 is 17.5 Å². The van der Waals surface area contributed by atoms with Gasteiger partial charge in [0.15, 0.2) is 0 Å². The van der Waals surface area contributed by atoms with Gasteiger partial charge in [0, 0.05) is 12.1 Å². The highest BCUT2D eigenvalue weighted by atomic mass is 35.5. The van der Waals surface area contributed by atoms with E-state index in [0.29, 0.717) is 16.0 Å². The number of aliphatic hydroxyl groups excluding tert-OH is 1. The van der Waals surface area contributed by atoms with E-state index in [9.17, 15) is 9.90 Å². The van der Waals surface area contributed by atoms with Crippen molar-refractivity contribution in [3.63, 3.8) is 0 Å². The van der Waals surface area contributed by atoms with Crippen molar-refractivity contribution in [3.05, 3.63) is 34.3 Å². The maximum Gasteiger partial charge on any atom is 0.252 e. The average Bonchev–Trinajstić information content (AvgIpc) is 2.71. The quantitative estimate of drug-likeness (QED) is 0.456. The molecule has 0 unspecified atom stereocenters. The van der Waals surface area contributed by atoms with Crippen LogP contribution in [0.5, 0.6) is 0 Å². The summed E-state index contributed by atoms with van der Waals surface area (Å²) in [6.45, 7) is 5.68. The van der Waals surface area contributed by atoms with Gasteiger partial charge in [-0.3, -0.25) is 4.79 Å². The van der Waals surface area contributed by atoms with Crippen molar-refractivity contribution in [2.75, 3.05) is 19.7 Å². The van der Waals surface area contributed by atoms with Crippen LogP contribution in [-0.4, -0.2) is 36.2 Å². The standard InChI is InChI=1S/C24H37ClN2O2.CH4/c1-23(2,17-28)27-13-5-8-18-9-10-21(25)20(14-18)22(29)26-16-24-11-3-6-19(15-24)7-4-12-24;/h9-10,14,19,27-28H,3-8,11-13,15-17H2,1-2H3,(H,26,29);1H4. The maximum absolute atomic E-state index is 12.9. The number of aliphatic hydroxyl groups is 1. The predicted molar refractivity (Wildman–Crippen MR) is 126 cm³/mol. The second-order valence-corrected chi connectivity index (χ2v) is 10.3. The first-order valence-electron chi connectivity index (χ1n) is 11.3. The van der Waals surface area contributed by atoms with Crippen molar-refractivity contribution in [2.24, 2.45) is 11.3 Å². The molecule has 4 nitrogen and oxygen atoms in total. The first-order chi connectivity index (χ1) is 13.8. The molecule has 0 spiro atoms. The van der Waals surface area contributed by atoms with Gasteiger partial charge in [-0.15, -0.1) is 0 Å². The summed E-state index contributed by atoms with van der Waals surface area (Å²) in [7, 11) is 0. The van der Waals surface area contributed by atoms with Gasteiger partial charge in [-0.05, 0) is 81.5 Å². The predicted octanol–water partition coefficient (Wildman–Crippen LogP) is 5.36. The van der Waals surface area contributed by atoms with E-state index in [-0.39, 0.29) is 25.5 Å². The number of rotatable bonds is 9. The lowest BCUT2D eigenvalue weighted by atomic mass is 9.62. The fraction of sp³-hybridized carbons (Fsp3) is 0.720. The van der Waals surface area contributed by atoms with E-state index < -0.39 is 0 Å². The number of carbonyl (C=O) groups excluding carboxylic acids is 1. The maximum atomic E-state index is 12.9. The Morgan fingerprint density at radius 2 is 1.97 bits per heavy atom. The number of hydrogen-bond donors (Lipinski definition) is 3. The van der Waals surface area contributed by atoms with Crippen LogP contribution in [0.3, 0.4) is 0 Å². The first kappa shape index (κ1) is 25.2. The number of aryl methyl sites for hydroxylation is 1. The van der Waals surface area contributed by atoms with Gasteiger partial charge < -0.3 is 15.7 Å². The number of benzene rings is 1. The number of nitrogens with one attached hydrogen (secondary N) is 2. The molecule has 5 heteroatoms. The van der Waals surface area contributed by atoms with E-state index in [2.05, 4.69) is 10.6 Å². The fourth-order valence-electron chi connectivity index (χ4n) is 5.11. The third kappa shape index (κ3) is 6.70. The Hall–Kier alpha value is -1.10. The molecule has 0 aliphatic heterocycles. The lowest BCUT2D eigenvalue weighted by molar-refractivity contribution is 0.0681. The first-order valence-corrected chi connectivity index (χ1v) is 11.6. The van der Waals surface area contributed by atoms with Crippen LogP contribution < -0.4 is 10.6 Å². The Kier molecular flexibility index (Phi) is 9.20. The third-order valence-electron chi connectivity index (χ3n) is 6.90. The highest BCUT2D eigenvalue weighted by Crippen LogP contribution is 2.48. The van der Waals surface area contributed by atoms with Crippen molar-refractivity contribution in [1.82, 2.24) is 10.6 Å². The lowest BCUT2D eigenvalue weighted by Crippen LogP contribution is -2.43. The summed E-state index contributed by atoms with van der Waals surface area (Å²) < 4.78 is 0. The fourth-order valence-corrected chi connectivity index (χ4v) is 5.31. The van der Waals surface area contributed by atoms with Gasteiger partial charge in [0.25, 0.3) is 5.91 Å². The largest absolute Gasteiger partial charge is 0.394 e. The summed E-state index contributed by atoms with van der Waals surface area (Å²) in [6, 6.07) is 5.78. The van der Waals surface area contributed by atoms with Crippen molar-refractivity contribution in [3.8, 4) is 0 Å². The lowest BCUT2D eigenvalue weighted by Gasteiger charge is -2.45. The van der Waals surface area contributed by atoms with Crippen molar-refractivity contribution in [2.45, 2.75) is 84.6 Å². The van der Waals surface area contributed by atoms with Crippen LogP contribution in [-0.2, 0) is 6.42 Å². The molecule has 0 aromatic heterocycles. The molecule has 170 valence electrons. The molecule has 1 aromatic rings. The number of hydrogen-bond acceptors (Lipinski definition) is 3. The van der Waals surface area contributed by atoms with E-state index >= 15 is 0 Å². The smallest absolute Gasteiger partial charge is 0.252 e. The molecule has 2 saturated carbocycles. The zero-order chi connectivity index (χ0) is 20.9. The summed E-state index contributed by atoms with van der Waals surface area (Å²) in [5.74, 6) is 0.823. The van der Waals surface area contributed by atoms with Crippen molar-refractivity contribution in [1.29, 1.82) is 0 Å². The van der Waals surface area contributed by atoms with Gasteiger partial charge in [0.1, 0.15) is 0 Å². The van der Waals surface area contributed by atoms with E-state index in [1.54, 1.807) is 0 Å². The molecule has 0 heterocycles. The molecule has 2 aliphatic rings. The van der Waals surface area contributed by atoms with Crippen LogP contribution >= 0.6 is 11.6 Å². The Morgan fingerprint density at radius 3 is 2.63 bits per heavy atom. The molecule has 3 N–H and O–H groups in total. The van der Waals surface area contributed by atoms with Gasteiger partial charge in [-0.1, -0.05) is 50.8 Å². The highest BCUT2D eigenvalue weighted by molar-refractivity contribution is 6.33. The minimum Gasteiger partial charge on any atom is -0.394 e. The van der Waals surface area contributed by atoms with Crippen molar-refractivity contribution < 1.29 is 9.90 Å². The van der Waals surface area contributed by atoms with Gasteiger partial charge in [0.05, 0.1) is 17.2 Å². The summed E-state index contributed by atoms with van der Waals surface area (Å²) in [5.41, 5.74) is 1.76. The number of fused-ring (bicyclic) bond motifs is 2. The Balaban J connectivity index is 0.00000320. The number of halogens is 1. The summed E-state index contributed by atoms with van der Waals surface area (Å²) in [5, 5.41) is 16.4. The zero-order valence-corrected chi connectivity index (χ0v) is 18.8. The summed E-state index contributed by atoms with van der Waals surface area (Å²) in [4.78, 5) is 12.9. The van der Waals surface area contributed by atoms with Gasteiger partial charge in [-0.25, -0.2) is 0 Å². The topological polar surface area (TPSA) is 61.4 Å². The monoisotopic (exact) mass is 436 g/mol. The van der Waals surface area contributed by atoms with Crippen LogP contribution in [0.4, 0.5) is 0 Å². The molecule has 3 rings (SSSR count). The summed E-state index contributed by atoms with van der Waals surface area (Å²) >= 11 is 6.35. The van der Waals surface area contributed by atoms with Gasteiger partial charge >= 0.3 is 0 Å². The Bertz CT molecular complexity index is 694. The highest BCUT2D eigenvalue weighted by Gasteiger charge is 2.39. The number of amides is 1. The molecule has 0 saturated heterocycles. The molecule has 1 aromatic carbocycles. The van der Waals surface area contributed by atoms with Crippen LogP contribution in [0.15, 0.2) is 18.2 Å². The SMILES string of the molecule is C.CC(C)(CO)NCCCc1ccc(Cl)c(C(=O)NCC23CCCC(CCC2)C3)c1.